The molecule has 2 aromatic carbocycles. The Balaban J connectivity index is 1.15. The highest BCUT2D eigenvalue weighted by molar-refractivity contribution is 7.13. The van der Waals surface area contributed by atoms with Gasteiger partial charge in [0.2, 0.25) is 12.0 Å². The number of carbonyl (C=O) groups excluding carboxylic acids is 2. The first-order valence-corrected chi connectivity index (χ1v) is 12.6. The van der Waals surface area contributed by atoms with Gasteiger partial charge >= 0.3 is 0 Å². The van der Waals surface area contributed by atoms with E-state index in [0.717, 1.165) is 22.0 Å². The highest BCUT2D eigenvalue weighted by Gasteiger charge is 2.33. The monoisotopic (exact) mass is 493 g/mol. The van der Waals surface area contributed by atoms with E-state index >= 15 is 0 Å². The number of nitrogens with zero attached hydrogens (tertiary/aromatic N) is 3. The summed E-state index contributed by atoms with van der Waals surface area (Å²) in [6.07, 6.45) is -0.433. The van der Waals surface area contributed by atoms with Crippen molar-refractivity contribution < 1.29 is 23.8 Å². The number of hydrogen-bond acceptors (Lipinski definition) is 7. The predicted molar refractivity (Wildman–Crippen MR) is 132 cm³/mol. The van der Waals surface area contributed by atoms with Crippen LogP contribution in [0.4, 0.5) is 0 Å². The molecule has 1 unspecified atom stereocenters. The molecule has 3 heterocycles. The van der Waals surface area contributed by atoms with Gasteiger partial charge in [-0.3, -0.25) is 9.59 Å². The zero-order valence-corrected chi connectivity index (χ0v) is 20.3. The maximum absolute atomic E-state index is 12.9. The van der Waals surface area contributed by atoms with Crippen LogP contribution in [0, 0.1) is 0 Å². The SMILES string of the molecule is CCOc1ccccc1-c1nc(CC(=O)N2CCN(C(=O)C3COc4ccccc4O3)CC2)cs1. The summed E-state index contributed by atoms with van der Waals surface area (Å²) in [6.45, 7) is 4.62. The third-order valence-corrected chi connectivity index (χ3v) is 6.95. The number of fused-ring (bicyclic) bond motifs is 1. The number of amides is 2. The fourth-order valence-electron chi connectivity index (χ4n) is 4.22. The number of para-hydroxylation sites is 3. The molecule has 0 saturated carbocycles. The van der Waals surface area contributed by atoms with E-state index in [2.05, 4.69) is 4.98 Å². The third kappa shape index (κ3) is 5.09. The van der Waals surface area contributed by atoms with Gasteiger partial charge in [0.05, 0.1) is 24.3 Å². The lowest BCUT2D eigenvalue weighted by atomic mass is 10.2. The summed E-state index contributed by atoms with van der Waals surface area (Å²) < 4.78 is 17.2. The zero-order chi connectivity index (χ0) is 24.2. The topological polar surface area (TPSA) is 81.2 Å². The van der Waals surface area contributed by atoms with Crippen molar-refractivity contribution in [1.29, 1.82) is 0 Å². The number of aromatic nitrogens is 1. The van der Waals surface area contributed by atoms with Gasteiger partial charge in [0.15, 0.2) is 11.5 Å². The minimum absolute atomic E-state index is 0.0122. The Morgan fingerprint density at radius 1 is 1.03 bits per heavy atom. The Morgan fingerprint density at radius 3 is 2.54 bits per heavy atom. The molecular weight excluding hydrogens is 466 g/mol. The summed E-state index contributed by atoms with van der Waals surface area (Å²) in [6, 6.07) is 15.1. The van der Waals surface area contributed by atoms with Crippen LogP contribution in [0.25, 0.3) is 10.6 Å². The molecule has 0 radical (unpaired) electrons. The molecule has 5 rings (SSSR count). The van der Waals surface area contributed by atoms with Crippen LogP contribution in [0.5, 0.6) is 17.2 Å². The Hall–Kier alpha value is -3.59. The molecule has 1 saturated heterocycles. The second-order valence-corrected chi connectivity index (χ2v) is 9.18. The van der Waals surface area contributed by atoms with Gasteiger partial charge in [0, 0.05) is 31.6 Å². The van der Waals surface area contributed by atoms with E-state index in [1.165, 1.54) is 11.3 Å². The van der Waals surface area contributed by atoms with Gasteiger partial charge < -0.3 is 24.0 Å². The Bertz CT molecular complexity index is 1200. The maximum Gasteiger partial charge on any atom is 0.267 e. The molecule has 1 atom stereocenters. The number of benzene rings is 2. The van der Waals surface area contributed by atoms with Crippen molar-refractivity contribution in [2.75, 3.05) is 39.4 Å². The molecule has 2 amide bonds. The van der Waals surface area contributed by atoms with Crippen molar-refractivity contribution in [2.45, 2.75) is 19.4 Å². The van der Waals surface area contributed by atoms with Crippen molar-refractivity contribution in [2.24, 2.45) is 0 Å². The van der Waals surface area contributed by atoms with Crippen molar-refractivity contribution in [3.63, 3.8) is 0 Å². The van der Waals surface area contributed by atoms with Gasteiger partial charge in [-0.05, 0) is 31.2 Å². The molecule has 1 fully saturated rings. The fraction of sp³-hybridized carbons (Fsp3) is 0.346. The number of ether oxygens (including phenoxy) is 3. The van der Waals surface area contributed by atoms with E-state index in [4.69, 9.17) is 14.2 Å². The van der Waals surface area contributed by atoms with E-state index in [-0.39, 0.29) is 24.8 Å². The van der Waals surface area contributed by atoms with Crippen LogP contribution >= 0.6 is 11.3 Å². The number of rotatable bonds is 6. The second kappa shape index (κ2) is 10.4. The maximum atomic E-state index is 12.9. The van der Waals surface area contributed by atoms with Gasteiger partial charge in [-0.1, -0.05) is 24.3 Å². The van der Waals surface area contributed by atoms with Gasteiger partial charge in [-0.2, -0.15) is 0 Å². The van der Waals surface area contributed by atoms with Crippen molar-refractivity contribution >= 4 is 23.2 Å². The van der Waals surface area contributed by atoms with Crippen molar-refractivity contribution in [3.05, 3.63) is 59.6 Å². The summed E-state index contributed by atoms with van der Waals surface area (Å²) in [4.78, 5) is 34.1. The first-order chi connectivity index (χ1) is 17.1. The molecular formula is C26H27N3O5S. The summed E-state index contributed by atoms with van der Waals surface area (Å²) >= 11 is 1.51. The average Bonchev–Trinajstić information content (AvgIpc) is 3.36. The zero-order valence-electron chi connectivity index (χ0n) is 19.5. The van der Waals surface area contributed by atoms with E-state index in [9.17, 15) is 9.59 Å². The van der Waals surface area contributed by atoms with E-state index in [1.54, 1.807) is 15.9 Å². The normalized spacial score (nSPS) is 17.2. The van der Waals surface area contributed by atoms with Crippen LogP contribution in [0.2, 0.25) is 0 Å². The lowest BCUT2D eigenvalue weighted by Gasteiger charge is -2.37. The second-order valence-electron chi connectivity index (χ2n) is 8.32. The molecule has 0 aliphatic carbocycles. The lowest BCUT2D eigenvalue weighted by molar-refractivity contribution is -0.146. The standard InChI is InChI=1S/C26H27N3O5S/c1-2-32-20-8-4-3-7-19(20)25-27-18(17-35-25)15-24(30)28-11-13-29(14-12-28)26(31)23-16-33-21-9-5-6-10-22(21)34-23/h3-10,17,23H,2,11-16H2,1H3. The number of thiazole rings is 1. The van der Waals surface area contributed by atoms with E-state index in [0.29, 0.717) is 44.3 Å². The highest BCUT2D eigenvalue weighted by atomic mass is 32.1. The lowest BCUT2D eigenvalue weighted by Crippen LogP contribution is -2.55. The molecule has 35 heavy (non-hydrogen) atoms. The largest absolute Gasteiger partial charge is 0.493 e. The predicted octanol–water partition coefficient (Wildman–Crippen LogP) is 3.26. The summed E-state index contributed by atoms with van der Waals surface area (Å²) in [5.41, 5.74) is 1.67. The van der Waals surface area contributed by atoms with Crippen LogP contribution < -0.4 is 14.2 Å². The van der Waals surface area contributed by atoms with Crippen molar-refractivity contribution in [3.8, 4) is 27.8 Å². The number of hydrogen-bond donors (Lipinski definition) is 0. The molecule has 182 valence electrons. The van der Waals surface area contributed by atoms with Crippen LogP contribution in [0.15, 0.2) is 53.9 Å². The molecule has 2 aliphatic heterocycles. The Labute approximate surface area is 208 Å². The number of piperazine rings is 1. The van der Waals surface area contributed by atoms with Gasteiger partial charge in [-0.15, -0.1) is 11.3 Å². The Kier molecular flexibility index (Phi) is 6.85. The quantitative estimate of drug-likeness (QED) is 0.524. The fourth-order valence-corrected chi connectivity index (χ4v) is 5.07. The molecule has 2 aliphatic rings. The summed E-state index contributed by atoms with van der Waals surface area (Å²) in [5, 5.41) is 2.76. The van der Waals surface area contributed by atoms with Gasteiger partial charge in [0.1, 0.15) is 17.4 Å². The van der Waals surface area contributed by atoms with Crippen LogP contribution in [0.3, 0.4) is 0 Å². The van der Waals surface area contributed by atoms with Gasteiger partial charge in [-0.25, -0.2) is 4.98 Å². The molecule has 0 bridgehead atoms. The highest BCUT2D eigenvalue weighted by Crippen LogP contribution is 2.33. The van der Waals surface area contributed by atoms with E-state index in [1.807, 2.05) is 54.8 Å². The molecule has 0 N–H and O–H groups in total. The summed E-state index contributed by atoms with van der Waals surface area (Å²) in [7, 11) is 0. The minimum atomic E-state index is -0.667. The molecule has 9 heteroatoms. The molecule has 1 aromatic heterocycles. The molecule has 3 aromatic rings. The third-order valence-electron chi connectivity index (χ3n) is 6.03. The van der Waals surface area contributed by atoms with Crippen LogP contribution in [0.1, 0.15) is 12.6 Å². The summed E-state index contributed by atoms with van der Waals surface area (Å²) in [5.74, 6) is 1.93. The first kappa shape index (κ1) is 23.2. The average molecular weight is 494 g/mol. The van der Waals surface area contributed by atoms with Crippen LogP contribution in [-0.2, 0) is 16.0 Å². The van der Waals surface area contributed by atoms with Crippen molar-refractivity contribution in [1.82, 2.24) is 14.8 Å². The number of carbonyl (C=O) groups is 2. The molecule has 0 spiro atoms. The minimum Gasteiger partial charge on any atom is -0.493 e. The smallest absolute Gasteiger partial charge is 0.267 e. The molecule has 8 nitrogen and oxygen atoms in total. The van der Waals surface area contributed by atoms with E-state index < -0.39 is 6.10 Å². The van der Waals surface area contributed by atoms with Crippen LogP contribution in [-0.4, -0.2) is 72.1 Å². The Morgan fingerprint density at radius 2 is 1.74 bits per heavy atom. The van der Waals surface area contributed by atoms with Gasteiger partial charge in [0.25, 0.3) is 5.91 Å². The first-order valence-electron chi connectivity index (χ1n) is 11.7.